The number of benzene rings is 2. The highest BCUT2D eigenvalue weighted by Crippen LogP contribution is 2.45. The van der Waals surface area contributed by atoms with Crippen LogP contribution in [-0.2, 0) is 21.4 Å². The second-order valence-electron chi connectivity index (χ2n) is 8.45. The first-order chi connectivity index (χ1) is 14.0. The number of anilines is 1. The first-order valence-corrected chi connectivity index (χ1v) is 10.4. The fraction of sp³-hybridized carbons (Fsp3) is 0.417. The lowest BCUT2D eigenvalue weighted by Gasteiger charge is -2.32. The maximum absolute atomic E-state index is 13.5. The molecule has 2 amide bonds. The summed E-state index contributed by atoms with van der Waals surface area (Å²) in [7, 11) is 3.92. The number of para-hydroxylation sites is 1. The molecule has 2 aromatic rings. The molecule has 2 aliphatic rings. The van der Waals surface area contributed by atoms with Gasteiger partial charge in [0.15, 0.2) is 0 Å². The highest BCUT2D eigenvalue weighted by molar-refractivity contribution is 6.09. The molecule has 2 aliphatic heterocycles. The van der Waals surface area contributed by atoms with Gasteiger partial charge >= 0.3 is 0 Å². The summed E-state index contributed by atoms with van der Waals surface area (Å²) < 4.78 is 0. The minimum Gasteiger partial charge on any atom is -0.353 e. The van der Waals surface area contributed by atoms with Crippen molar-refractivity contribution < 1.29 is 9.59 Å². The van der Waals surface area contributed by atoms with Gasteiger partial charge in [-0.2, -0.15) is 0 Å². The predicted molar refractivity (Wildman–Crippen MR) is 115 cm³/mol. The van der Waals surface area contributed by atoms with E-state index in [0.29, 0.717) is 6.42 Å². The van der Waals surface area contributed by atoms with Gasteiger partial charge in [0.25, 0.3) is 0 Å². The molecule has 5 heteroatoms. The van der Waals surface area contributed by atoms with Crippen LogP contribution in [0.15, 0.2) is 54.6 Å². The van der Waals surface area contributed by atoms with E-state index in [1.165, 1.54) is 0 Å². The highest BCUT2D eigenvalue weighted by Gasteiger charge is 2.50. The topological polar surface area (TPSA) is 52.7 Å². The molecule has 0 radical (unpaired) electrons. The van der Waals surface area contributed by atoms with Crippen molar-refractivity contribution in [1.29, 1.82) is 0 Å². The number of carbonyl (C=O) groups is 2. The molecule has 0 aliphatic carbocycles. The summed E-state index contributed by atoms with van der Waals surface area (Å²) in [5.74, 6) is -0.0324. The first-order valence-electron chi connectivity index (χ1n) is 10.4. The smallest absolute Gasteiger partial charge is 0.238 e. The third kappa shape index (κ3) is 3.79. The van der Waals surface area contributed by atoms with Crippen LogP contribution in [0.4, 0.5) is 5.69 Å². The summed E-state index contributed by atoms with van der Waals surface area (Å²) >= 11 is 0. The van der Waals surface area contributed by atoms with Crippen LogP contribution in [0.2, 0.25) is 0 Å². The minimum atomic E-state index is -0.859. The second kappa shape index (κ2) is 7.99. The molecule has 5 nitrogen and oxygen atoms in total. The van der Waals surface area contributed by atoms with Crippen molar-refractivity contribution in [2.45, 2.75) is 37.1 Å². The van der Waals surface area contributed by atoms with Crippen molar-refractivity contribution >= 4 is 17.5 Å². The van der Waals surface area contributed by atoms with Crippen LogP contribution in [-0.4, -0.2) is 49.9 Å². The quantitative estimate of drug-likeness (QED) is 0.853. The highest BCUT2D eigenvalue weighted by atomic mass is 16.2. The van der Waals surface area contributed by atoms with Crippen molar-refractivity contribution in [2.24, 2.45) is 0 Å². The number of hydrogen-bond acceptors (Lipinski definition) is 3. The van der Waals surface area contributed by atoms with Gasteiger partial charge < -0.3 is 15.1 Å². The van der Waals surface area contributed by atoms with E-state index in [4.69, 9.17) is 0 Å². The molecular weight excluding hydrogens is 362 g/mol. The van der Waals surface area contributed by atoms with Gasteiger partial charge in [0.2, 0.25) is 11.8 Å². The second-order valence-corrected chi connectivity index (χ2v) is 8.45. The number of amides is 2. The van der Waals surface area contributed by atoms with E-state index in [1.54, 1.807) is 4.90 Å². The molecular formula is C24H29N3O2. The van der Waals surface area contributed by atoms with Crippen molar-refractivity contribution in [2.75, 3.05) is 32.1 Å². The normalized spacial score (nSPS) is 22.6. The SMILES string of the molecule is CN1CCC(NC(=O)C[C@]2(Cc3ccccc3)C(=O)N(C)c3ccccc32)CC1. The summed E-state index contributed by atoms with van der Waals surface area (Å²) in [6.07, 6.45) is 2.61. The molecule has 1 fully saturated rings. The van der Waals surface area contributed by atoms with Gasteiger partial charge in [0, 0.05) is 25.2 Å². The van der Waals surface area contributed by atoms with E-state index in [1.807, 2.05) is 61.6 Å². The molecule has 0 saturated carbocycles. The summed E-state index contributed by atoms with van der Waals surface area (Å²) in [5, 5.41) is 3.21. The molecule has 29 heavy (non-hydrogen) atoms. The standard InChI is InChI=1S/C24H29N3O2/c1-26-14-12-19(13-15-26)25-22(28)17-24(16-18-8-4-3-5-9-18)20-10-6-7-11-21(20)27(2)23(24)29/h3-11,19H,12-17H2,1-2H3,(H,25,28)/t24-/m0/s1. The number of likely N-dealkylation sites (tertiary alicyclic amines) is 1. The van der Waals surface area contributed by atoms with Crippen LogP contribution in [0, 0.1) is 0 Å². The lowest BCUT2D eigenvalue weighted by Crippen LogP contribution is -2.48. The van der Waals surface area contributed by atoms with E-state index in [9.17, 15) is 9.59 Å². The van der Waals surface area contributed by atoms with Crippen LogP contribution in [0.5, 0.6) is 0 Å². The van der Waals surface area contributed by atoms with Crippen molar-refractivity contribution in [3.8, 4) is 0 Å². The van der Waals surface area contributed by atoms with Crippen LogP contribution in [0.3, 0.4) is 0 Å². The summed E-state index contributed by atoms with van der Waals surface area (Å²) in [6, 6.07) is 18.1. The third-order valence-corrected chi connectivity index (χ3v) is 6.39. The number of rotatable bonds is 5. The zero-order valence-corrected chi connectivity index (χ0v) is 17.2. The van der Waals surface area contributed by atoms with Crippen LogP contribution in [0.1, 0.15) is 30.4 Å². The summed E-state index contributed by atoms with van der Waals surface area (Å²) in [5.41, 5.74) is 2.07. The molecule has 0 spiro atoms. The minimum absolute atomic E-state index is 0.00100. The van der Waals surface area contributed by atoms with Gasteiger partial charge in [-0.05, 0) is 56.6 Å². The summed E-state index contributed by atoms with van der Waals surface area (Å²) in [4.78, 5) is 30.6. The number of fused-ring (bicyclic) bond motifs is 1. The molecule has 2 aromatic carbocycles. The molecule has 1 N–H and O–H groups in total. The molecule has 152 valence electrons. The van der Waals surface area contributed by atoms with Crippen LogP contribution in [0.25, 0.3) is 0 Å². The van der Waals surface area contributed by atoms with Gasteiger partial charge in [-0.1, -0.05) is 48.5 Å². The Bertz CT molecular complexity index is 890. The monoisotopic (exact) mass is 391 g/mol. The third-order valence-electron chi connectivity index (χ3n) is 6.39. The van der Waals surface area contributed by atoms with Gasteiger partial charge in [-0.3, -0.25) is 9.59 Å². The van der Waals surface area contributed by atoms with Gasteiger partial charge in [-0.25, -0.2) is 0 Å². The Balaban J connectivity index is 1.63. The lowest BCUT2D eigenvalue weighted by atomic mass is 9.73. The fourth-order valence-corrected chi connectivity index (χ4v) is 4.77. The maximum atomic E-state index is 13.5. The van der Waals surface area contributed by atoms with Gasteiger partial charge in [-0.15, -0.1) is 0 Å². The van der Waals surface area contributed by atoms with E-state index in [-0.39, 0.29) is 24.3 Å². The molecule has 0 unspecified atom stereocenters. The number of nitrogens with zero attached hydrogens (tertiary/aromatic N) is 2. The van der Waals surface area contributed by atoms with E-state index >= 15 is 0 Å². The molecule has 2 heterocycles. The zero-order valence-electron chi connectivity index (χ0n) is 17.2. The molecule has 4 rings (SSSR count). The Morgan fingerprint density at radius 2 is 1.69 bits per heavy atom. The zero-order chi connectivity index (χ0) is 20.4. The average molecular weight is 392 g/mol. The van der Waals surface area contributed by atoms with E-state index in [2.05, 4.69) is 17.3 Å². The summed E-state index contributed by atoms with van der Waals surface area (Å²) in [6.45, 7) is 1.98. The van der Waals surface area contributed by atoms with Gasteiger partial charge in [0.1, 0.15) is 0 Å². The Labute approximate surface area is 172 Å². The first kappa shape index (κ1) is 19.6. The Morgan fingerprint density at radius 3 is 2.41 bits per heavy atom. The van der Waals surface area contributed by atoms with Crippen molar-refractivity contribution in [3.63, 3.8) is 0 Å². The van der Waals surface area contributed by atoms with E-state index < -0.39 is 5.41 Å². The number of piperidine rings is 1. The van der Waals surface area contributed by atoms with E-state index in [0.717, 1.165) is 42.7 Å². The van der Waals surface area contributed by atoms with Crippen molar-refractivity contribution in [1.82, 2.24) is 10.2 Å². The number of likely N-dealkylation sites (N-methyl/N-ethyl adjacent to an activating group) is 1. The largest absolute Gasteiger partial charge is 0.353 e. The van der Waals surface area contributed by atoms with Crippen LogP contribution < -0.4 is 10.2 Å². The Morgan fingerprint density at radius 1 is 1.03 bits per heavy atom. The number of nitrogens with one attached hydrogen (secondary N) is 1. The molecule has 0 aromatic heterocycles. The predicted octanol–water partition coefficient (Wildman–Crippen LogP) is 2.74. The lowest BCUT2D eigenvalue weighted by molar-refractivity contribution is -0.130. The average Bonchev–Trinajstić information content (AvgIpc) is 2.93. The number of hydrogen-bond donors (Lipinski definition) is 1. The fourth-order valence-electron chi connectivity index (χ4n) is 4.77. The molecule has 1 atom stereocenters. The Hall–Kier alpha value is -2.66. The molecule has 0 bridgehead atoms. The molecule has 1 saturated heterocycles. The van der Waals surface area contributed by atoms with Crippen molar-refractivity contribution in [3.05, 3.63) is 65.7 Å². The van der Waals surface area contributed by atoms with Crippen LogP contribution >= 0.6 is 0 Å². The van der Waals surface area contributed by atoms with Gasteiger partial charge in [0.05, 0.1) is 5.41 Å². The number of carbonyl (C=O) groups excluding carboxylic acids is 2. The Kier molecular flexibility index (Phi) is 5.41. The maximum Gasteiger partial charge on any atom is 0.238 e.